The van der Waals surface area contributed by atoms with E-state index in [1.807, 2.05) is 34.6 Å². The first-order chi connectivity index (χ1) is 14.2. The SMILES string of the molecule is C/C(=C\[C@@H](C(C)C)N(C)C(=O)C(NC(=O)[C@H]1CCCCN1C(C)C)C(C)(C)C)C(=O)O. The van der Waals surface area contributed by atoms with E-state index in [4.69, 9.17) is 0 Å². The number of piperidine rings is 1. The summed E-state index contributed by atoms with van der Waals surface area (Å²) in [5.41, 5.74) is -0.296. The van der Waals surface area contributed by atoms with Crippen molar-refractivity contribution >= 4 is 17.8 Å². The summed E-state index contributed by atoms with van der Waals surface area (Å²) in [4.78, 5) is 41.9. The first-order valence-electron chi connectivity index (χ1n) is 11.4. The first kappa shape index (κ1) is 27.1. The lowest BCUT2D eigenvalue weighted by molar-refractivity contribution is -0.142. The average Bonchev–Trinajstić information content (AvgIpc) is 2.67. The zero-order chi connectivity index (χ0) is 24.1. The van der Waals surface area contributed by atoms with Gasteiger partial charge in [-0.3, -0.25) is 14.5 Å². The third kappa shape index (κ3) is 7.34. The lowest BCUT2D eigenvalue weighted by Gasteiger charge is -2.41. The number of carboxylic acids is 1. The molecule has 1 heterocycles. The molecule has 2 amide bonds. The van der Waals surface area contributed by atoms with Gasteiger partial charge in [-0.15, -0.1) is 0 Å². The minimum absolute atomic E-state index is 0.0225. The fourth-order valence-electron chi connectivity index (χ4n) is 4.17. The lowest BCUT2D eigenvalue weighted by atomic mass is 9.84. The molecule has 0 bridgehead atoms. The highest BCUT2D eigenvalue weighted by atomic mass is 16.4. The second-order valence-electron chi connectivity index (χ2n) is 10.5. The van der Waals surface area contributed by atoms with Crippen molar-refractivity contribution < 1.29 is 19.5 Å². The molecular formula is C24H43N3O4. The minimum atomic E-state index is -1.00. The van der Waals surface area contributed by atoms with Crippen molar-refractivity contribution in [2.45, 2.75) is 98.8 Å². The molecule has 178 valence electrons. The van der Waals surface area contributed by atoms with Gasteiger partial charge in [0.2, 0.25) is 11.8 Å². The van der Waals surface area contributed by atoms with E-state index in [2.05, 4.69) is 24.1 Å². The van der Waals surface area contributed by atoms with Gasteiger partial charge in [0.15, 0.2) is 0 Å². The highest BCUT2D eigenvalue weighted by Gasteiger charge is 2.39. The molecule has 1 saturated heterocycles. The number of aliphatic carboxylic acids is 1. The van der Waals surface area contributed by atoms with Gasteiger partial charge in [-0.05, 0) is 51.5 Å². The zero-order valence-electron chi connectivity index (χ0n) is 20.9. The summed E-state index contributed by atoms with van der Waals surface area (Å²) in [6, 6.07) is -1.06. The molecule has 0 aromatic rings. The smallest absolute Gasteiger partial charge is 0.331 e. The Bertz CT molecular complexity index is 679. The van der Waals surface area contributed by atoms with Crippen LogP contribution in [-0.4, -0.2) is 70.4 Å². The molecule has 2 N–H and O–H groups in total. The van der Waals surface area contributed by atoms with Gasteiger partial charge in [0.05, 0.1) is 12.1 Å². The second-order valence-corrected chi connectivity index (χ2v) is 10.5. The molecule has 0 saturated carbocycles. The van der Waals surface area contributed by atoms with Crippen molar-refractivity contribution in [2.24, 2.45) is 11.3 Å². The third-order valence-electron chi connectivity index (χ3n) is 6.15. The number of carboxylic acid groups (broad SMARTS) is 1. The van der Waals surface area contributed by atoms with Gasteiger partial charge in [0, 0.05) is 18.7 Å². The van der Waals surface area contributed by atoms with Crippen LogP contribution in [0.15, 0.2) is 11.6 Å². The van der Waals surface area contributed by atoms with Gasteiger partial charge in [-0.1, -0.05) is 47.1 Å². The molecule has 0 aromatic heterocycles. The molecule has 1 fully saturated rings. The molecule has 31 heavy (non-hydrogen) atoms. The van der Waals surface area contributed by atoms with Crippen LogP contribution in [0.3, 0.4) is 0 Å². The van der Waals surface area contributed by atoms with Crippen LogP contribution < -0.4 is 5.32 Å². The third-order valence-corrected chi connectivity index (χ3v) is 6.15. The van der Waals surface area contributed by atoms with Crippen molar-refractivity contribution in [1.29, 1.82) is 0 Å². The number of nitrogens with zero attached hydrogens (tertiary/aromatic N) is 2. The molecule has 0 radical (unpaired) electrons. The van der Waals surface area contributed by atoms with Crippen molar-refractivity contribution in [3.8, 4) is 0 Å². The van der Waals surface area contributed by atoms with Crippen LogP contribution in [0.4, 0.5) is 0 Å². The van der Waals surface area contributed by atoms with E-state index in [9.17, 15) is 19.5 Å². The Kier molecular flexibility index (Phi) is 9.73. The maximum Gasteiger partial charge on any atom is 0.331 e. The summed E-state index contributed by atoms with van der Waals surface area (Å²) < 4.78 is 0. The molecule has 0 aliphatic carbocycles. The van der Waals surface area contributed by atoms with Crippen LogP contribution in [0.2, 0.25) is 0 Å². The van der Waals surface area contributed by atoms with E-state index in [0.717, 1.165) is 25.8 Å². The van der Waals surface area contributed by atoms with E-state index in [1.165, 1.54) is 6.92 Å². The number of likely N-dealkylation sites (tertiary alicyclic amines) is 1. The second kappa shape index (κ2) is 11.1. The molecule has 7 nitrogen and oxygen atoms in total. The van der Waals surface area contributed by atoms with Crippen molar-refractivity contribution in [3.63, 3.8) is 0 Å². The molecule has 3 atom stereocenters. The Balaban J connectivity index is 3.15. The largest absolute Gasteiger partial charge is 0.478 e. The molecule has 1 aliphatic heterocycles. The zero-order valence-corrected chi connectivity index (χ0v) is 20.9. The summed E-state index contributed by atoms with van der Waals surface area (Å²) >= 11 is 0. The van der Waals surface area contributed by atoms with Gasteiger partial charge < -0.3 is 15.3 Å². The van der Waals surface area contributed by atoms with Crippen LogP contribution in [0.1, 0.15) is 74.7 Å². The number of rotatable bonds is 8. The Labute approximate surface area is 188 Å². The monoisotopic (exact) mass is 437 g/mol. The normalized spacial score (nSPS) is 20.5. The van der Waals surface area contributed by atoms with Crippen LogP contribution in [0.5, 0.6) is 0 Å². The maximum atomic E-state index is 13.5. The highest BCUT2D eigenvalue weighted by molar-refractivity contribution is 5.91. The van der Waals surface area contributed by atoms with E-state index in [0.29, 0.717) is 0 Å². The van der Waals surface area contributed by atoms with Gasteiger partial charge >= 0.3 is 5.97 Å². The van der Waals surface area contributed by atoms with Gasteiger partial charge in [-0.25, -0.2) is 4.79 Å². The Morgan fingerprint density at radius 2 is 1.71 bits per heavy atom. The number of likely N-dealkylation sites (N-methyl/N-ethyl adjacent to an activating group) is 1. The molecule has 1 rings (SSSR count). The summed E-state index contributed by atoms with van der Waals surface area (Å²) in [6.07, 6.45) is 4.50. The predicted octanol–water partition coefficient (Wildman–Crippen LogP) is 3.29. The van der Waals surface area contributed by atoms with E-state index in [-0.39, 0.29) is 41.4 Å². The number of hydrogen-bond donors (Lipinski definition) is 2. The summed E-state index contributed by atoms with van der Waals surface area (Å²) in [5.74, 6) is -1.29. The summed E-state index contributed by atoms with van der Waals surface area (Å²) in [6.45, 7) is 16.3. The van der Waals surface area contributed by atoms with Crippen LogP contribution in [0.25, 0.3) is 0 Å². The summed E-state index contributed by atoms with van der Waals surface area (Å²) in [5, 5.41) is 12.3. The molecule has 0 spiro atoms. The minimum Gasteiger partial charge on any atom is -0.478 e. The Morgan fingerprint density at radius 1 is 1.13 bits per heavy atom. The topological polar surface area (TPSA) is 90.0 Å². The summed E-state index contributed by atoms with van der Waals surface area (Å²) in [7, 11) is 1.69. The van der Waals surface area contributed by atoms with Crippen LogP contribution in [-0.2, 0) is 14.4 Å². The fourth-order valence-corrected chi connectivity index (χ4v) is 4.17. The molecule has 1 aliphatic rings. The molecular weight excluding hydrogens is 394 g/mol. The Hall–Kier alpha value is -1.89. The van der Waals surface area contributed by atoms with E-state index < -0.39 is 17.4 Å². The first-order valence-corrected chi connectivity index (χ1v) is 11.4. The van der Waals surface area contributed by atoms with Crippen molar-refractivity contribution in [2.75, 3.05) is 13.6 Å². The maximum absolute atomic E-state index is 13.5. The molecule has 7 heteroatoms. The van der Waals surface area contributed by atoms with Crippen LogP contribution in [0, 0.1) is 11.3 Å². The van der Waals surface area contributed by atoms with Crippen molar-refractivity contribution in [3.05, 3.63) is 11.6 Å². The van der Waals surface area contributed by atoms with Gasteiger partial charge in [-0.2, -0.15) is 0 Å². The number of hydrogen-bond acceptors (Lipinski definition) is 4. The standard InChI is InChI=1S/C24H43N3O4/c1-15(2)19(14-17(5)23(30)31)26(9)22(29)20(24(6,7)8)25-21(28)18-12-10-11-13-27(18)16(3)4/h14-16,18-20H,10-13H2,1-9H3,(H,25,28)(H,30,31)/b17-14+/t18-,19+,20?/m1/s1. The molecule has 0 aromatic carbocycles. The number of nitrogens with one attached hydrogen (secondary N) is 1. The lowest BCUT2D eigenvalue weighted by Crippen LogP contribution is -2.60. The van der Waals surface area contributed by atoms with E-state index in [1.54, 1.807) is 18.0 Å². The quantitative estimate of drug-likeness (QED) is 0.569. The van der Waals surface area contributed by atoms with Gasteiger partial charge in [0.1, 0.15) is 6.04 Å². The molecule has 1 unspecified atom stereocenters. The Morgan fingerprint density at radius 3 is 2.16 bits per heavy atom. The number of carbonyl (C=O) groups is 3. The van der Waals surface area contributed by atoms with E-state index >= 15 is 0 Å². The number of amides is 2. The average molecular weight is 438 g/mol. The van der Waals surface area contributed by atoms with Crippen molar-refractivity contribution in [1.82, 2.24) is 15.1 Å². The van der Waals surface area contributed by atoms with Gasteiger partial charge in [0.25, 0.3) is 0 Å². The number of carbonyl (C=O) groups excluding carboxylic acids is 2. The highest BCUT2D eigenvalue weighted by Crippen LogP contribution is 2.25. The van der Waals surface area contributed by atoms with Crippen LogP contribution >= 0.6 is 0 Å². The predicted molar refractivity (Wildman–Crippen MR) is 124 cm³/mol. The fraction of sp³-hybridized carbons (Fsp3) is 0.792.